The Morgan fingerprint density at radius 2 is 1.93 bits per heavy atom. The molecule has 6 heteroatoms. The Morgan fingerprint density at radius 3 is 2.36 bits per heavy atom. The number of hydrogen-bond acceptors (Lipinski definition) is 4. The zero-order chi connectivity index (χ0) is 10.7. The number of carbonyl (C=O) groups excluding carboxylic acids is 2. The Balaban J connectivity index is 3.10. The second-order valence-corrected chi connectivity index (χ2v) is 2.48. The molecular weight excluding hydrogens is 188 g/mol. The maximum absolute atomic E-state index is 11.2. The van der Waals surface area contributed by atoms with Gasteiger partial charge in [0.2, 0.25) is 11.7 Å². The second-order valence-electron chi connectivity index (χ2n) is 2.48. The van der Waals surface area contributed by atoms with E-state index in [1.54, 1.807) is 0 Å². The number of amides is 2. The molecule has 2 amide bonds. The molecule has 0 radical (unpaired) electrons. The van der Waals surface area contributed by atoms with Gasteiger partial charge in [-0.15, -0.1) is 0 Å². The number of nitrogens with one attached hydrogen (secondary N) is 1. The van der Waals surface area contributed by atoms with Crippen LogP contribution in [0.3, 0.4) is 0 Å². The van der Waals surface area contributed by atoms with E-state index in [-0.39, 0.29) is 17.2 Å². The van der Waals surface area contributed by atoms with E-state index in [9.17, 15) is 9.59 Å². The number of rotatable bonds is 3. The standard InChI is InChI=1S/C8H10N2O4/c1-13-6-4(3-5(9)11)10-8(12)7(6)14-2/h3H,1-2H3,(H2,9,11)(H,10,12)/b4-3+. The van der Waals surface area contributed by atoms with Crippen LogP contribution in [-0.4, -0.2) is 26.0 Å². The minimum atomic E-state index is -0.674. The zero-order valence-corrected chi connectivity index (χ0v) is 7.79. The van der Waals surface area contributed by atoms with E-state index in [0.29, 0.717) is 0 Å². The Bertz CT molecular complexity index is 343. The Kier molecular flexibility index (Phi) is 2.76. The highest BCUT2D eigenvalue weighted by atomic mass is 16.5. The lowest BCUT2D eigenvalue weighted by Gasteiger charge is -2.02. The van der Waals surface area contributed by atoms with Gasteiger partial charge < -0.3 is 20.5 Å². The molecule has 0 bridgehead atoms. The molecule has 0 unspecified atom stereocenters. The molecular formula is C8H10N2O4. The first-order chi connectivity index (χ1) is 6.60. The van der Waals surface area contributed by atoms with Crippen molar-refractivity contribution in [1.82, 2.24) is 5.32 Å². The van der Waals surface area contributed by atoms with Crippen LogP contribution in [0.4, 0.5) is 0 Å². The number of hydrogen-bond donors (Lipinski definition) is 2. The van der Waals surface area contributed by atoms with E-state index in [1.165, 1.54) is 14.2 Å². The van der Waals surface area contributed by atoms with Gasteiger partial charge >= 0.3 is 0 Å². The van der Waals surface area contributed by atoms with Crippen molar-refractivity contribution in [2.45, 2.75) is 0 Å². The summed E-state index contributed by atoms with van der Waals surface area (Å²) in [4.78, 5) is 21.8. The monoisotopic (exact) mass is 198 g/mol. The van der Waals surface area contributed by atoms with Crippen LogP contribution >= 0.6 is 0 Å². The van der Waals surface area contributed by atoms with Gasteiger partial charge in [0.15, 0.2) is 5.76 Å². The first-order valence-electron chi connectivity index (χ1n) is 3.75. The van der Waals surface area contributed by atoms with Crippen LogP contribution in [0, 0.1) is 0 Å². The summed E-state index contributed by atoms with van der Waals surface area (Å²) in [6.45, 7) is 0. The van der Waals surface area contributed by atoms with Crippen molar-refractivity contribution in [3.63, 3.8) is 0 Å². The van der Waals surface area contributed by atoms with Crippen LogP contribution in [0.2, 0.25) is 0 Å². The Labute approximate surface area is 80.3 Å². The molecule has 76 valence electrons. The molecule has 3 N–H and O–H groups in total. The molecule has 1 aliphatic heterocycles. The summed E-state index contributed by atoms with van der Waals surface area (Å²) in [6, 6.07) is 0. The highest BCUT2D eigenvalue weighted by molar-refractivity contribution is 6.00. The van der Waals surface area contributed by atoms with Crippen molar-refractivity contribution in [2.75, 3.05) is 14.2 Å². The SMILES string of the molecule is COC1=C(OC)/C(=C\C(N)=O)NC1=O. The second kappa shape index (κ2) is 3.82. The topological polar surface area (TPSA) is 90.7 Å². The van der Waals surface area contributed by atoms with E-state index in [1.807, 2.05) is 0 Å². The Hall–Kier alpha value is -1.98. The van der Waals surface area contributed by atoms with E-state index < -0.39 is 11.8 Å². The summed E-state index contributed by atoms with van der Waals surface area (Å²) in [5, 5.41) is 2.38. The predicted molar refractivity (Wildman–Crippen MR) is 46.5 cm³/mol. The average molecular weight is 198 g/mol. The van der Waals surface area contributed by atoms with Gasteiger partial charge in [0.05, 0.1) is 19.9 Å². The van der Waals surface area contributed by atoms with Crippen LogP contribution in [0.25, 0.3) is 0 Å². The smallest absolute Gasteiger partial charge is 0.294 e. The highest BCUT2D eigenvalue weighted by Gasteiger charge is 2.29. The maximum Gasteiger partial charge on any atom is 0.294 e. The first kappa shape index (κ1) is 10.1. The number of primary amides is 1. The molecule has 0 aromatic carbocycles. The fourth-order valence-electron chi connectivity index (χ4n) is 1.09. The molecule has 0 aromatic heterocycles. The first-order valence-corrected chi connectivity index (χ1v) is 3.75. The molecule has 0 fully saturated rings. The van der Waals surface area contributed by atoms with Crippen LogP contribution in [0.1, 0.15) is 0 Å². The van der Waals surface area contributed by atoms with Gasteiger partial charge in [-0.2, -0.15) is 0 Å². The van der Waals surface area contributed by atoms with Crippen molar-refractivity contribution in [3.05, 3.63) is 23.3 Å². The summed E-state index contributed by atoms with van der Waals surface area (Å²) in [7, 11) is 2.70. The normalized spacial score (nSPS) is 18.4. The van der Waals surface area contributed by atoms with Crippen LogP contribution in [-0.2, 0) is 19.1 Å². The van der Waals surface area contributed by atoms with Crippen molar-refractivity contribution in [1.29, 1.82) is 0 Å². The van der Waals surface area contributed by atoms with Gasteiger partial charge in [0.1, 0.15) is 0 Å². The van der Waals surface area contributed by atoms with E-state index in [2.05, 4.69) is 5.32 Å². The number of methoxy groups -OCH3 is 2. The lowest BCUT2D eigenvalue weighted by molar-refractivity contribution is -0.119. The van der Waals surface area contributed by atoms with Crippen LogP contribution in [0.15, 0.2) is 23.3 Å². The minimum absolute atomic E-state index is 0.0278. The third kappa shape index (κ3) is 1.68. The van der Waals surface area contributed by atoms with Gasteiger partial charge in [-0.1, -0.05) is 0 Å². The quantitative estimate of drug-likeness (QED) is 0.568. The third-order valence-electron chi connectivity index (χ3n) is 1.60. The van der Waals surface area contributed by atoms with Gasteiger partial charge in [0, 0.05) is 6.08 Å². The lowest BCUT2D eigenvalue weighted by Crippen LogP contribution is -2.19. The molecule has 0 aromatic rings. The van der Waals surface area contributed by atoms with Crippen LogP contribution < -0.4 is 11.1 Å². The third-order valence-corrected chi connectivity index (χ3v) is 1.60. The number of nitrogens with two attached hydrogens (primary N) is 1. The molecule has 0 saturated carbocycles. The Morgan fingerprint density at radius 1 is 1.36 bits per heavy atom. The molecule has 14 heavy (non-hydrogen) atoms. The largest absolute Gasteiger partial charge is 0.491 e. The summed E-state index contributed by atoms with van der Waals surface area (Å²) in [5.41, 5.74) is 5.15. The molecule has 1 rings (SSSR count). The maximum atomic E-state index is 11.2. The lowest BCUT2D eigenvalue weighted by atomic mass is 10.3. The van der Waals surface area contributed by atoms with E-state index in [0.717, 1.165) is 6.08 Å². The highest BCUT2D eigenvalue weighted by Crippen LogP contribution is 2.21. The molecule has 0 spiro atoms. The average Bonchev–Trinajstić information content (AvgIpc) is 2.39. The summed E-state index contributed by atoms with van der Waals surface area (Å²) in [6.07, 6.45) is 1.06. The van der Waals surface area contributed by atoms with E-state index in [4.69, 9.17) is 15.2 Å². The van der Waals surface area contributed by atoms with Gasteiger partial charge in [-0.3, -0.25) is 9.59 Å². The summed E-state index contributed by atoms with van der Waals surface area (Å²) >= 11 is 0. The van der Waals surface area contributed by atoms with Crippen molar-refractivity contribution >= 4 is 11.8 Å². The molecule has 0 saturated heterocycles. The molecule has 0 atom stereocenters. The molecule has 0 aliphatic carbocycles. The molecule has 1 aliphatic rings. The van der Waals surface area contributed by atoms with Crippen molar-refractivity contribution in [3.8, 4) is 0 Å². The fraction of sp³-hybridized carbons (Fsp3) is 0.250. The fourth-order valence-corrected chi connectivity index (χ4v) is 1.09. The van der Waals surface area contributed by atoms with Gasteiger partial charge in [-0.05, 0) is 0 Å². The number of ether oxygens (including phenoxy) is 2. The summed E-state index contributed by atoms with van der Waals surface area (Å²) in [5.74, 6) is -0.930. The molecule has 6 nitrogen and oxygen atoms in total. The minimum Gasteiger partial charge on any atom is -0.491 e. The molecule has 1 heterocycles. The zero-order valence-electron chi connectivity index (χ0n) is 7.79. The van der Waals surface area contributed by atoms with Crippen LogP contribution in [0.5, 0.6) is 0 Å². The van der Waals surface area contributed by atoms with Gasteiger partial charge in [0.25, 0.3) is 5.91 Å². The predicted octanol–water partition coefficient (Wildman–Crippen LogP) is -1.01. The number of carbonyl (C=O) groups is 2. The van der Waals surface area contributed by atoms with Crippen molar-refractivity contribution < 1.29 is 19.1 Å². The summed E-state index contributed by atoms with van der Waals surface area (Å²) < 4.78 is 9.68. The van der Waals surface area contributed by atoms with Gasteiger partial charge in [-0.25, -0.2) is 0 Å². The van der Waals surface area contributed by atoms with E-state index >= 15 is 0 Å². The van der Waals surface area contributed by atoms with Crippen molar-refractivity contribution in [2.24, 2.45) is 5.73 Å².